The first-order valence-electron chi connectivity index (χ1n) is 5.92. The van der Waals surface area contributed by atoms with Crippen molar-refractivity contribution in [3.05, 3.63) is 72.8 Å². The lowest BCUT2D eigenvalue weighted by atomic mass is 10.0. The molecule has 0 unspecified atom stereocenters. The van der Waals surface area contributed by atoms with Gasteiger partial charge in [0.2, 0.25) is 0 Å². The van der Waals surface area contributed by atoms with Gasteiger partial charge in [-0.3, -0.25) is 4.79 Å². The van der Waals surface area contributed by atoms with E-state index in [-0.39, 0.29) is 5.78 Å². The zero-order valence-electron chi connectivity index (χ0n) is 10.9. The SMILES string of the molecule is C=CC.CC(=O)c1ccc(-c2ccccc2)cc1. The molecule has 0 bridgehead atoms. The molecule has 2 rings (SSSR count). The Labute approximate surface area is 109 Å². The van der Waals surface area contributed by atoms with Crippen molar-refractivity contribution in [2.75, 3.05) is 0 Å². The van der Waals surface area contributed by atoms with E-state index in [9.17, 15) is 4.79 Å². The number of ketones is 1. The molecule has 0 N–H and O–H groups in total. The molecule has 92 valence electrons. The number of carbonyl (C=O) groups excluding carboxylic acids is 1. The summed E-state index contributed by atoms with van der Waals surface area (Å²) in [5.41, 5.74) is 3.07. The highest BCUT2D eigenvalue weighted by atomic mass is 16.1. The molecule has 1 heteroatoms. The van der Waals surface area contributed by atoms with Gasteiger partial charge in [-0.1, -0.05) is 60.7 Å². The molecular weight excluding hydrogens is 220 g/mol. The number of hydrogen-bond donors (Lipinski definition) is 0. The highest BCUT2D eigenvalue weighted by Gasteiger charge is 1.99. The van der Waals surface area contributed by atoms with Crippen LogP contribution in [0.15, 0.2) is 67.3 Å². The van der Waals surface area contributed by atoms with Crippen LogP contribution in [0, 0.1) is 0 Å². The first-order valence-corrected chi connectivity index (χ1v) is 5.92. The van der Waals surface area contributed by atoms with Gasteiger partial charge in [-0.15, -0.1) is 6.58 Å². The third-order valence-corrected chi connectivity index (χ3v) is 2.40. The van der Waals surface area contributed by atoms with Gasteiger partial charge in [-0.05, 0) is 25.0 Å². The van der Waals surface area contributed by atoms with Crippen molar-refractivity contribution in [2.45, 2.75) is 13.8 Å². The van der Waals surface area contributed by atoms with Crippen molar-refractivity contribution in [3.8, 4) is 11.1 Å². The van der Waals surface area contributed by atoms with Crippen LogP contribution in [0.25, 0.3) is 11.1 Å². The second kappa shape index (κ2) is 7.23. The Balaban J connectivity index is 0.000000492. The number of rotatable bonds is 2. The van der Waals surface area contributed by atoms with Crippen LogP contribution in [0.2, 0.25) is 0 Å². The summed E-state index contributed by atoms with van der Waals surface area (Å²) in [6.45, 7) is 6.83. The zero-order chi connectivity index (χ0) is 13.4. The summed E-state index contributed by atoms with van der Waals surface area (Å²) in [6, 6.07) is 17.8. The van der Waals surface area contributed by atoms with E-state index < -0.39 is 0 Å². The van der Waals surface area contributed by atoms with Gasteiger partial charge in [-0.25, -0.2) is 0 Å². The smallest absolute Gasteiger partial charge is 0.159 e. The highest BCUT2D eigenvalue weighted by Crippen LogP contribution is 2.19. The van der Waals surface area contributed by atoms with Crippen LogP contribution in [-0.4, -0.2) is 5.78 Å². The third-order valence-electron chi connectivity index (χ3n) is 2.40. The molecule has 0 aliphatic rings. The van der Waals surface area contributed by atoms with Crippen LogP contribution in [-0.2, 0) is 0 Å². The molecular formula is C17H18O. The average Bonchev–Trinajstić information content (AvgIpc) is 2.41. The van der Waals surface area contributed by atoms with E-state index in [1.807, 2.05) is 49.4 Å². The van der Waals surface area contributed by atoms with Gasteiger partial charge < -0.3 is 0 Å². The van der Waals surface area contributed by atoms with E-state index in [0.29, 0.717) is 0 Å². The first kappa shape index (κ1) is 13.9. The van der Waals surface area contributed by atoms with E-state index >= 15 is 0 Å². The summed E-state index contributed by atoms with van der Waals surface area (Å²) in [5, 5.41) is 0. The fourth-order valence-electron chi connectivity index (χ4n) is 1.53. The van der Waals surface area contributed by atoms with Crippen LogP contribution in [0.3, 0.4) is 0 Å². The predicted molar refractivity (Wildman–Crippen MR) is 77.8 cm³/mol. The molecule has 0 spiro atoms. The third kappa shape index (κ3) is 4.02. The Bertz CT molecular complexity index is 495. The summed E-state index contributed by atoms with van der Waals surface area (Å²) in [4.78, 5) is 11.1. The molecule has 0 aliphatic carbocycles. The van der Waals surface area contributed by atoms with E-state index in [2.05, 4.69) is 18.7 Å². The Kier molecular flexibility index (Phi) is 5.59. The minimum atomic E-state index is 0.106. The zero-order valence-corrected chi connectivity index (χ0v) is 10.9. The molecule has 0 saturated heterocycles. The van der Waals surface area contributed by atoms with Crippen LogP contribution in [0.4, 0.5) is 0 Å². The average molecular weight is 238 g/mol. The largest absolute Gasteiger partial charge is 0.295 e. The van der Waals surface area contributed by atoms with Gasteiger partial charge in [0.1, 0.15) is 0 Å². The van der Waals surface area contributed by atoms with Gasteiger partial charge in [-0.2, -0.15) is 0 Å². The van der Waals surface area contributed by atoms with E-state index in [0.717, 1.165) is 11.1 Å². The molecule has 0 aliphatic heterocycles. The molecule has 0 fully saturated rings. The van der Waals surface area contributed by atoms with Crippen molar-refractivity contribution in [2.24, 2.45) is 0 Å². The summed E-state index contributed by atoms with van der Waals surface area (Å²) < 4.78 is 0. The fraction of sp³-hybridized carbons (Fsp3) is 0.118. The first-order chi connectivity index (χ1) is 8.69. The molecule has 18 heavy (non-hydrogen) atoms. The number of allylic oxidation sites excluding steroid dienone is 1. The van der Waals surface area contributed by atoms with Gasteiger partial charge in [0.25, 0.3) is 0 Å². The van der Waals surface area contributed by atoms with Gasteiger partial charge in [0, 0.05) is 5.56 Å². The number of carbonyl (C=O) groups is 1. The summed E-state index contributed by atoms with van der Waals surface area (Å²) in [6.07, 6.45) is 1.75. The molecule has 1 nitrogen and oxygen atoms in total. The second-order valence-corrected chi connectivity index (χ2v) is 3.91. The highest BCUT2D eigenvalue weighted by molar-refractivity contribution is 5.94. The fourth-order valence-corrected chi connectivity index (χ4v) is 1.53. The normalized spacial score (nSPS) is 9.00. The van der Waals surface area contributed by atoms with Crippen molar-refractivity contribution in [1.82, 2.24) is 0 Å². The van der Waals surface area contributed by atoms with Crippen LogP contribution >= 0.6 is 0 Å². The van der Waals surface area contributed by atoms with E-state index in [1.54, 1.807) is 13.0 Å². The molecule has 2 aromatic rings. The Hall–Kier alpha value is -2.15. The molecule has 2 aromatic carbocycles. The molecule has 0 atom stereocenters. The minimum Gasteiger partial charge on any atom is -0.295 e. The summed E-state index contributed by atoms with van der Waals surface area (Å²) in [5.74, 6) is 0.106. The molecule has 0 amide bonds. The van der Waals surface area contributed by atoms with Crippen LogP contribution < -0.4 is 0 Å². The standard InChI is InChI=1S/C14H12O.C3H6/c1-11(15)12-7-9-14(10-8-12)13-5-3-2-4-6-13;1-3-2/h2-10H,1H3;3H,1H2,2H3. The van der Waals surface area contributed by atoms with Gasteiger partial charge in [0.15, 0.2) is 5.78 Å². The predicted octanol–water partition coefficient (Wildman–Crippen LogP) is 4.75. The Morgan fingerprint density at radius 3 is 1.83 bits per heavy atom. The van der Waals surface area contributed by atoms with Gasteiger partial charge >= 0.3 is 0 Å². The molecule has 0 heterocycles. The summed E-state index contributed by atoms with van der Waals surface area (Å²) >= 11 is 0. The maximum atomic E-state index is 11.1. The minimum absolute atomic E-state index is 0.106. The summed E-state index contributed by atoms with van der Waals surface area (Å²) in [7, 11) is 0. The second-order valence-electron chi connectivity index (χ2n) is 3.91. The van der Waals surface area contributed by atoms with E-state index in [4.69, 9.17) is 0 Å². The topological polar surface area (TPSA) is 17.1 Å². The number of Topliss-reactive ketones (excluding diaryl/α,β-unsaturated/α-hetero) is 1. The lowest BCUT2D eigenvalue weighted by Gasteiger charge is -2.01. The van der Waals surface area contributed by atoms with Gasteiger partial charge in [0.05, 0.1) is 0 Å². The van der Waals surface area contributed by atoms with E-state index in [1.165, 1.54) is 5.56 Å². The quantitative estimate of drug-likeness (QED) is 0.545. The van der Waals surface area contributed by atoms with Crippen molar-refractivity contribution in [3.63, 3.8) is 0 Å². The van der Waals surface area contributed by atoms with Crippen molar-refractivity contribution in [1.29, 1.82) is 0 Å². The maximum absolute atomic E-state index is 11.1. The molecule has 0 aromatic heterocycles. The lowest BCUT2D eigenvalue weighted by Crippen LogP contribution is -1.90. The number of hydrogen-bond acceptors (Lipinski definition) is 1. The number of benzene rings is 2. The van der Waals surface area contributed by atoms with Crippen LogP contribution in [0.5, 0.6) is 0 Å². The Morgan fingerprint density at radius 1 is 0.944 bits per heavy atom. The van der Waals surface area contributed by atoms with Crippen LogP contribution in [0.1, 0.15) is 24.2 Å². The van der Waals surface area contributed by atoms with Crippen molar-refractivity contribution >= 4 is 5.78 Å². The lowest BCUT2D eigenvalue weighted by molar-refractivity contribution is 0.101. The molecule has 0 saturated carbocycles. The van der Waals surface area contributed by atoms with Crippen molar-refractivity contribution < 1.29 is 4.79 Å². The monoisotopic (exact) mass is 238 g/mol. The molecule has 0 radical (unpaired) electrons. The Morgan fingerprint density at radius 2 is 1.39 bits per heavy atom. The maximum Gasteiger partial charge on any atom is 0.159 e.